The van der Waals surface area contributed by atoms with Crippen molar-refractivity contribution in [3.8, 4) is 11.5 Å². The van der Waals surface area contributed by atoms with E-state index in [9.17, 15) is 13.2 Å². The number of benzene rings is 2. The standard InChI is InChI=1S/C18H21NO6S/c1-4-24-15-8-6-14(7-9-15)19-26(22,23)16-10-5-12(2)18(13(16)3)25-11-17(20)21/h5-10,19H,4,11H2,1-3H3,(H,20,21). The summed E-state index contributed by atoms with van der Waals surface area (Å²) in [5.74, 6) is -0.238. The van der Waals surface area contributed by atoms with E-state index in [-0.39, 0.29) is 10.6 Å². The molecule has 0 heterocycles. The number of carboxylic acids is 1. The number of carboxylic acid groups (broad SMARTS) is 1. The molecule has 0 spiro atoms. The quantitative estimate of drug-likeness (QED) is 0.731. The number of anilines is 1. The van der Waals surface area contributed by atoms with Crippen LogP contribution in [0.3, 0.4) is 0 Å². The SMILES string of the molecule is CCOc1ccc(NS(=O)(=O)c2ccc(C)c(OCC(=O)O)c2C)cc1. The number of sulfonamides is 1. The summed E-state index contributed by atoms with van der Waals surface area (Å²) in [4.78, 5) is 10.8. The Morgan fingerprint density at radius 3 is 2.31 bits per heavy atom. The Morgan fingerprint density at radius 2 is 1.73 bits per heavy atom. The van der Waals surface area contributed by atoms with Gasteiger partial charge in [0, 0.05) is 11.3 Å². The van der Waals surface area contributed by atoms with Crippen LogP contribution in [-0.4, -0.2) is 32.7 Å². The highest BCUT2D eigenvalue weighted by molar-refractivity contribution is 7.92. The average Bonchev–Trinajstić information content (AvgIpc) is 2.56. The third kappa shape index (κ3) is 4.66. The summed E-state index contributed by atoms with van der Waals surface area (Å²) in [5, 5.41) is 8.78. The minimum atomic E-state index is -3.87. The van der Waals surface area contributed by atoms with Gasteiger partial charge in [-0.3, -0.25) is 4.72 Å². The molecule has 0 aliphatic carbocycles. The number of ether oxygens (including phenoxy) is 2. The Balaban J connectivity index is 2.30. The smallest absolute Gasteiger partial charge is 0.341 e. The van der Waals surface area contributed by atoms with Crippen LogP contribution >= 0.6 is 0 Å². The first-order chi connectivity index (χ1) is 12.2. The van der Waals surface area contributed by atoms with Crippen molar-refractivity contribution in [1.82, 2.24) is 0 Å². The van der Waals surface area contributed by atoms with Crippen LogP contribution in [-0.2, 0) is 14.8 Å². The number of hydrogen-bond donors (Lipinski definition) is 2. The van der Waals surface area contributed by atoms with Gasteiger partial charge in [0.2, 0.25) is 0 Å². The van der Waals surface area contributed by atoms with Crippen LogP contribution in [0.15, 0.2) is 41.3 Å². The van der Waals surface area contributed by atoms with Crippen molar-refractivity contribution in [2.24, 2.45) is 0 Å². The van der Waals surface area contributed by atoms with Crippen LogP contribution in [0.5, 0.6) is 11.5 Å². The topological polar surface area (TPSA) is 102 Å². The van der Waals surface area contributed by atoms with Gasteiger partial charge < -0.3 is 14.6 Å². The summed E-state index contributed by atoms with van der Waals surface area (Å²) >= 11 is 0. The van der Waals surface area contributed by atoms with E-state index in [1.54, 1.807) is 44.2 Å². The average molecular weight is 379 g/mol. The highest BCUT2D eigenvalue weighted by Crippen LogP contribution is 2.30. The second kappa shape index (κ2) is 8.09. The van der Waals surface area contributed by atoms with E-state index in [1.165, 1.54) is 6.07 Å². The summed E-state index contributed by atoms with van der Waals surface area (Å²) in [7, 11) is -3.87. The zero-order chi connectivity index (χ0) is 19.3. The highest BCUT2D eigenvalue weighted by atomic mass is 32.2. The summed E-state index contributed by atoms with van der Waals surface area (Å²) in [6.45, 7) is 5.14. The molecular weight excluding hydrogens is 358 g/mol. The number of rotatable bonds is 8. The molecular formula is C18H21NO6S. The van der Waals surface area contributed by atoms with Gasteiger partial charge in [0.25, 0.3) is 10.0 Å². The predicted molar refractivity (Wildman–Crippen MR) is 97.5 cm³/mol. The predicted octanol–water partition coefficient (Wildman–Crippen LogP) is 2.97. The second-order valence-corrected chi connectivity index (χ2v) is 7.23. The third-order valence-electron chi connectivity index (χ3n) is 3.60. The zero-order valence-corrected chi connectivity index (χ0v) is 15.6. The van der Waals surface area contributed by atoms with E-state index in [1.807, 2.05) is 6.92 Å². The lowest BCUT2D eigenvalue weighted by molar-refractivity contribution is -0.139. The maximum absolute atomic E-state index is 12.7. The molecule has 0 saturated heterocycles. The molecule has 2 N–H and O–H groups in total. The number of nitrogens with one attached hydrogen (secondary N) is 1. The van der Waals surface area contributed by atoms with E-state index in [0.717, 1.165) is 0 Å². The molecule has 0 bridgehead atoms. The van der Waals surface area contributed by atoms with Crippen molar-refractivity contribution in [3.63, 3.8) is 0 Å². The Hall–Kier alpha value is -2.74. The molecule has 7 nitrogen and oxygen atoms in total. The molecule has 140 valence electrons. The fourth-order valence-electron chi connectivity index (χ4n) is 2.45. The van der Waals surface area contributed by atoms with E-state index in [0.29, 0.717) is 29.2 Å². The van der Waals surface area contributed by atoms with Crippen LogP contribution < -0.4 is 14.2 Å². The second-order valence-electron chi connectivity index (χ2n) is 5.58. The van der Waals surface area contributed by atoms with Gasteiger partial charge in [0.1, 0.15) is 11.5 Å². The fourth-order valence-corrected chi connectivity index (χ4v) is 3.75. The summed E-state index contributed by atoms with van der Waals surface area (Å²) in [6.07, 6.45) is 0. The molecule has 0 aliphatic rings. The molecule has 0 fully saturated rings. The maximum Gasteiger partial charge on any atom is 0.341 e. The Labute approximate surface area is 152 Å². The number of aryl methyl sites for hydroxylation is 1. The molecule has 0 saturated carbocycles. The van der Waals surface area contributed by atoms with Gasteiger partial charge in [-0.2, -0.15) is 0 Å². The van der Waals surface area contributed by atoms with Gasteiger partial charge in [0.15, 0.2) is 6.61 Å². The maximum atomic E-state index is 12.7. The summed E-state index contributed by atoms with van der Waals surface area (Å²) < 4.78 is 38.5. The number of hydrogen-bond acceptors (Lipinski definition) is 5. The largest absolute Gasteiger partial charge is 0.494 e. The molecule has 26 heavy (non-hydrogen) atoms. The van der Waals surface area contributed by atoms with Crippen molar-refractivity contribution in [2.45, 2.75) is 25.7 Å². The Morgan fingerprint density at radius 1 is 1.08 bits per heavy atom. The molecule has 2 aromatic rings. The van der Waals surface area contributed by atoms with Crippen molar-refractivity contribution in [2.75, 3.05) is 17.9 Å². The molecule has 0 aliphatic heterocycles. The molecule has 0 amide bonds. The molecule has 0 atom stereocenters. The first-order valence-corrected chi connectivity index (χ1v) is 9.43. The van der Waals surface area contributed by atoms with Gasteiger partial charge in [-0.25, -0.2) is 13.2 Å². The van der Waals surface area contributed by atoms with Crippen LogP contribution in [0.4, 0.5) is 5.69 Å². The van der Waals surface area contributed by atoms with E-state index in [2.05, 4.69) is 4.72 Å². The number of carbonyl (C=O) groups is 1. The molecule has 0 aromatic heterocycles. The minimum absolute atomic E-state index is 0.0253. The lowest BCUT2D eigenvalue weighted by atomic mass is 10.1. The lowest BCUT2D eigenvalue weighted by Crippen LogP contribution is -2.16. The van der Waals surface area contributed by atoms with Crippen molar-refractivity contribution in [3.05, 3.63) is 47.5 Å². The van der Waals surface area contributed by atoms with Gasteiger partial charge in [-0.05, 0) is 56.7 Å². The lowest BCUT2D eigenvalue weighted by Gasteiger charge is -2.16. The molecule has 8 heteroatoms. The van der Waals surface area contributed by atoms with Crippen LogP contribution in [0, 0.1) is 13.8 Å². The van der Waals surface area contributed by atoms with E-state index in [4.69, 9.17) is 14.6 Å². The van der Waals surface area contributed by atoms with Crippen molar-refractivity contribution in [1.29, 1.82) is 0 Å². The fraction of sp³-hybridized carbons (Fsp3) is 0.278. The van der Waals surface area contributed by atoms with Gasteiger partial charge in [0.05, 0.1) is 11.5 Å². The van der Waals surface area contributed by atoms with Gasteiger partial charge in [-0.1, -0.05) is 6.07 Å². The van der Waals surface area contributed by atoms with Crippen molar-refractivity contribution < 1.29 is 27.8 Å². The monoisotopic (exact) mass is 379 g/mol. The Bertz CT molecular complexity index is 891. The normalized spacial score (nSPS) is 11.0. The minimum Gasteiger partial charge on any atom is -0.494 e. The number of aliphatic carboxylic acids is 1. The van der Waals surface area contributed by atoms with Crippen LogP contribution in [0.25, 0.3) is 0 Å². The van der Waals surface area contributed by atoms with E-state index >= 15 is 0 Å². The van der Waals surface area contributed by atoms with Crippen molar-refractivity contribution >= 4 is 21.7 Å². The first-order valence-electron chi connectivity index (χ1n) is 7.95. The summed E-state index contributed by atoms with van der Waals surface area (Å²) in [5.41, 5.74) is 1.40. The van der Waals surface area contributed by atoms with Gasteiger partial charge >= 0.3 is 5.97 Å². The zero-order valence-electron chi connectivity index (χ0n) is 14.8. The molecule has 0 radical (unpaired) electrons. The molecule has 2 aromatic carbocycles. The molecule has 2 rings (SSSR count). The molecule has 0 unspecified atom stereocenters. The first kappa shape index (κ1) is 19.6. The highest BCUT2D eigenvalue weighted by Gasteiger charge is 2.21. The van der Waals surface area contributed by atoms with E-state index < -0.39 is 22.6 Å². The van der Waals surface area contributed by atoms with Crippen LogP contribution in [0.1, 0.15) is 18.1 Å². The third-order valence-corrected chi connectivity index (χ3v) is 5.13. The van der Waals surface area contributed by atoms with Crippen LogP contribution in [0.2, 0.25) is 0 Å². The van der Waals surface area contributed by atoms with Gasteiger partial charge in [-0.15, -0.1) is 0 Å². The summed E-state index contributed by atoms with van der Waals surface area (Å²) in [6, 6.07) is 9.60. The Kier molecular flexibility index (Phi) is 6.10.